The number of benzene rings is 1. The highest BCUT2D eigenvalue weighted by Gasteiger charge is 2.38. The first-order valence-corrected chi connectivity index (χ1v) is 8.76. The predicted octanol–water partition coefficient (Wildman–Crippen LogP) is 2.44. The number of carbonyl (C=O) groups is 2. The molecule has 0 N–H and O–H groups in total. The van der Waals surface area contributed by atoms with Gasteiger partial charge in [0.05, 0.1) is 17.7 Å². The Bertz CT molecular complexity index is 599. The Kier molecular flexibility index (Phi) is 5.02. The highest BCUT2D eigenvalue weighted by Crippen LogP contribution is 2.32. The van der Waals surface area contributed by atoms with E-state index in [0.717, 1.165) is 36.1 Å². The van der Waals surface area contributed by atoms with Crippen LogP contribution in [0.1, 0.15) is 19.3 Å². The second-order valence-corrected chi connectivity index (χ2v) is 6.97. The zero-order chi connectivity index (χ0) is 16.4. The summed E-state index contributed by atoms with van der Waals surface area (Å²) in [7, 11) is 1.72. The quantitative estimate of drug-likeness (QED) is 0.808. The van der Waals surface area contributed by atoms with Gasteiger partial charge >= 0.3 is 0 Å². The number of para-hydroxylation sites is 1. The molecule has 0 aromatic heterocycles. The number of hydrogen-bond donors (Lipinski definition) is 0. The molecule has 5 nitrogen and oxygen atoms in total. The molecular weight excluding hydrogens is 360 g/mol. The van der Waals surface area contributed by atoms with Crippen molar-refractivity contribution >= 4 is 33.4 Å². The summed E-state index contributed by atoms with van der Waals surface area (Å²) < 4.78 is 6.22. The summed E-state index contributed by atoms with van der Waals surface area (Å²) in [5, 5.41) is 0. The van der Waals surface area contributed by atoms with E-state index < -0.39 is 0 Å². The summed E-state index contributed by atoms with van der Waals surface area (Å²) >= 11 is 3.48. The molecule has 23 heavy (non-hydrogen) atoms. The number of nitrogens with zero attached hydrogens (tertiary/aromatic N) is 2. The van der Waals surface area contributed by atoms with Crippen LogP contribution in [-0.2, 0) is 14.3 Å². The molecule has 0 bridgehead atoms. The zero-order valence-corrected chi connectivity index (χ0v) is 14.8. The number of rotatable bonds is 3. The van der Waals surface area contributed by atoms with Gasteiger partial charge in [-0.15, -0.1) is 0 Å². The van der Waals surface area contributed by atoms with Gasteiger partial charge in [0.15, 0.2) is 0 Å². The Morgan fingerprint density at radius 2 is 1.96 bits per heavy atom. The molecule has 0 aliphatic carbocycles. The second-order valence-electron chi connectivity index (χ2n) is 6.12. The van der Waals surface area contributed by atoms with E-state index in [-0.39, 0.29) is 23.8 Å². The molecule has 0 radical (unpaired) electrons. The van der Waals surface area contributed by atoms with Crippen LogP contribution in [0.3, 0.4) is 0 Å². The van der Waals surface area contributed by atoms with E-state index in [2.05, 4.69) is 15.9 Å². The lowest BCUT2D eigenvalue weighted by atomic mass is 10.0. The maximum atomic E-state index is 12.7. The molecule has 0 spiro atoms. The third kappa shape index (κ3) is 3.43. The lowest BCUT2D eigenvalue weighted by Gasteiger charge is -2.32. The Labute approximate surface area is 144 Å². The van der Waals surface area contributed by atoms with E-state index in [1.165, 1.54) is 0 Å². The highest BCUT2D eigenvalue weighted by molar-refractivity contribution is 9.10. The second kappa shape index (κ2) is 7.01. The molecule has 2 aliphatic rings. The fraction of sp³-hybridized carbons (Fsp3) is 0.529. The van der Waals surface area contributed by atoms with Crippen LogP contribution in [0.15, 0.2) is 28.7 Å². The van der Waals surface area contributed by atoms with Gasteiger partial charge in [-0.25, -0.2) is 0 Å². The Hall–Kier alpha value is -1.40. The molecule has 1 aromatic rings. The zero-order valence-electron chi connectivity index (χ0n) is 13.2. The third-order valence-electron chi connectivity index (χ3n) is 4.70. The van der Waals surface area contributed by atoms with Crippen LogP contribution in [0, 0.1) is 5.92 Å². The van der Waals surface area contributed by atoms with Gasteiger partial charge in [0.1, 0.15) is 0 Å². The molecular formula is C17H21BrN2O3. The van der Waals surface area contributed by atoms with Gasteiger partial charge in [0.2, 0.25) is 11.8 Å². The minimum Gasteiger partial charge on any atom is -0.381 e. The van der Waals surface area contributed by atoms with Crippen molar-refractivity contribution < 1.29 is 14.3 Å². The van der Waals surface area contributed by atoms with E-state index in [1.54, 1.807) is 12.0 Å². The number of carbonyl (C=O) groups excluding carboxylic acids is 2. The lowest BCUT2D eigenvalue weighted by Crippen LogP contribution is -2.44. The number of anilines is 1. The van der Waals surface area contributed by atoms with E-state index in [4.69, 9.17) is 4.74 Å². The molecule has 3 rings (SSSR count). The topological polar surface area (TPSA) is 49.9 Å². The van der Waals surface area contributed by atoms with Crippen molar-refractivity contribution in [2.75, 3.05) is 31.6 Å². The minimum absolute atomic E-state index is 0.0158. The van der Waals surface area contributed by atoms with E-state index in [9.17, 15) is 9.59 Å². The van der Waals surface area contributed by atoms with Crippen molar-refractivity contribution in [3.8, 4) is 0 Å². The number of piperidine rings is 1. The molecule has 2 saturated heterocycles. The molecule has 6 heteroatoms. The van der Waals surface area contributed by atoms with E-state index >= 15 is 0 Å². The maximum absolute atomic E-state index is 12.7. The average Bonchev–Trinajstić information content (AvgIpc) is 2.96. The monoisotopic (exact) mass is 380 g/mol. The van der Waals surface area contributed by atoms with Gasteiger partial charge in [-0.3, -0.25) is 9.59 Å². The summed E-state index contributed by atoms with van der Waals surface area (Å²) in [6.07, 6.45) is 2.29. The molecule has 2 amide bonds. The van der Waals surface area contributed by atoms with Crippen LogP contribution in [0.4, 0.5) is 5.69 Å². The summed E-state index contributed by atoms with van der Waals surface area (Å²) in [5.41, 5.74) is 0.839. The standard InChI is InChI=1S/C17H21BrN2O3/c1-23-13-6-8-19(9-7-13)17(22)12-10-16(21)20(11-12)15-5-3-2-4-14(15)18/h2-5,12-13H,6-11H2,1H3. The molecule has 1 aromatic carbocycles. The SMILES string of the molecule is COC1CCN(C(=O)C2CC(=O)N(c3ccccc3Br)C2)CC1. The third-order valence-corrected chi connectivity index (χ3v) is 5.38. The van der Waals surface area contributed by atoms with Crippen molar-refractivity contribution in [2.24, 2.45) is 5.92 Å². The summed E-state index contributed by atoms with van der Waals surface area (Å²) in [5.74, 6) is -0.127. The number of methoxy groups -OCH3 is 1. The largest absolute Gasteiger partial charge is 0.381 e. The molecule has 2 aliphatic heterocycles. The van der Waals surface area contributed by atoms with E-state index in [1.807, 2.05) is 29.2 Å². The van der Waals surface area contributed by atoms with Gasteiger partial charge in [0, 0.05) is 37.6 Å². The molecule has 124 valence electrons. The number of ether oxygens (including phenoxy) is 1. The summed E-state index contributed by atoms with van der Waals surface area (Å²) in [6, 6.07) is 7.63. The van der Waals surface area contributed by atoms with Crippen LogP contribution >= 0.6 is 15.9 Å². The van der Waals surface area contributed by atoms with Crippen molar-refractivity contribution in [1.82, 2.24) is 4.90 Å². The van der Waals surface area contributed by atoms with E-state index in [0.29, 0.717) is 13.0 Å². The minimum atomic E-state index is -0.242. The van der Waals surface area contributed by atoms with Crippen LogP contribution < -0.4 is 4.90 Å². The van der Waals surface area contributed by atoms with Crippen molar-refractivity contribution in [3.63, 3.8) is 0 Å². The maximum Gasteiger partial charge on any atom is 0.228 e. The van der Waals surface area contributed by atoms with Gasteiger partial charge in [0.25, 0.3) is 0 Å². The normalized spacial score (nSPS) is 22.7. The Morgan fingerprint density at radius 1 is 1.26 bits per heavy atom. The highest BCUT2D eigenvalue weighted by atomic mass is 79.9. The van der Waals surface area contributed by atoms with Gasteiger partial charge in [-0.1, -0.05) is 12.1 Å². The van der Waals surface area contributed by atoms with Crippen LogP contribution in [-0.4, -0.2) is 49.6 Å². The van der Waals surface area contributed by atoms with Crippen molar-refractivity contribution in [2.45, 2.75) is 25.4 Å². The van der Waals surface area contributed by atoms with Crippen LogP contribution in [0.2, 0.25) is 0 Å². The van der Waals surface area contributed by atoms with Crippen molar-refractivity contribution in [3.05, 3.63) is 28.7 Å². The fourth-order valence-corrected chi connectivity index (χ4v) is 3.85. The number of halogens is 1. The van der Waals surface area contributed by atoms with Crippen molar-refractivity contribution in [1.29, 1.82) is 0 Å². The summed E-state index contributed by atoms with van der Waals surface area (Å²) in [6.45, 7) is 1.90. The first kappa shape index (κ1) is 16.5. The number of amides is 2. The Morgan fingerprint density at radius 3 is 2.61 bits per heavy atom. The Balaban J connectivity index is 1.66. The van der Waals surface area contributed by atoms with Gasteiger partial charge in [-0.2, -0.15) is 0 Å². The molecule has 0 saturated carbocycles. The molecule has 2 heterocycles. The number of hydrogen-bond acceptors (Lipinski definition) is 3. The van der Waals surface area contributed by atoms with Crippen LogP contribution in [0.5, 0.6) is 0 Å². The smallest absolute Gasteiger partial charge is 0.228 e. The van der Waals surface area contributed by atoms with Crippen LogP contribution in [0.25, 0.3) is 0 Å². The summed E-state index contributed by atoms with van der Waals surface area (Å²) in [4.78, 5) is 28.6. The fourth-order valence-electron chi connectivity index (χ4n) is 3.35. The predicted molar refractivity (Wildman–Crippen MR) is 91.2 cm³/mol. The van der Waals surface area contributed by atoms with Gasteiger partial charge in [-0.05, 0) is 40.9 Å². The number of likely N-dealkylation sites (tertiary alicyclic amines) is 1. The average molecular weight is 381 g/mol. The lowest BCUT2D eigenvalue weighted by molar-refractivity contribution is -0.138. The molecule has 1 atom stereocenters. The van der Waals surface area contributed by atoms with Gasteiger partial charge < -0.3 is 14.5 Å². The molecule has 1 unspecified atom stereocenters. The first-order chi connectivity index (χ1) is 11.1. The first-order valence-electron chi connectivity index (χ1n) is 7.96. The molecule has 2 fully saturated rings.